The fraction of sp³-hybridized carbons (Fsp3) is 0.435. The molecular weight excluding hydrogens is 377 g/mol. The summed E-state index contributed by atoms with van der Waals surface area (Å²) >= 11 is 5.99. The molecule has 0 saturated carbocycles. The predicted octanol–water partition coefficient (Wildman–Crippen LogP) is 4.96. The van der Waals surface area contributed by atoms with Crippen molar-refractivity contribution < 1.29 is 14.3 Å². The number of carbonyl (C=O) groups is 1. The van der Waals surface area contributed by atoms with Crippen molar-refractivity contribution in [3.8, 4) is 0 Å². The summed E-state index contributed by atoms with van der Waals surface area (Å²) in [6, 6.07) is 14.0. The van der Waals surface area contributed by atoms with Crippen LogP contribution in [0.1, 0.15) is 54.4 Å². The summed E-state index contributed by atoms with van der Waals surface area (Å²) in [5, 5.41) is 11.9. The molecule has 5 heteroatoms. The molecule has 2 aliphatic rings. The Bertz CT molecular complexity index is 823. The molecule has 2 saturated heterocycles. The molecule has 0 aromatic heterocycles. The molecule has 2 fully saturated rings. The Kier molecular flexibility index (Phi) is 5.55. The molecule has 2 aromatic carbocycles. The third-order valence-electron chi connectivity index (χ3n) is 6.29. The average Bonchev–Trinajstić information content (AvgIpc) is 2.93. The van der Waals surface area contributed by atoms with Crippen LogP contribution in [-0.4, -0.2) is 34.4 Å². The van der Waals surface area contributed by atoms with E-state index in [1.807, 2.05) is 24.3 Å². The SMILES string of the molecule is O=C(CCCN1[C@@H]2CC[C@H]1CC(O)(c1ccc(Cl)cc1)C2)c1ccc(F)cc1. The number of benzene rings is 2. The maximum Gasteiger partial charge on any atom is 0.162 e. The van der Waals surface area contributed by atoms with Crippen molar-refractivity contribution in [3.63, 3.8) is 0 Å². The van der Waals surface area contributed by atoms with Gasteiger partial charge in [0.15, 0.2) is 5.78 Å². The van der Waals surface area contributed by atoms with E-state index in [9.17, 15) is 14.3 Å². The van der Waals surface area contributed by atoms with E-state index in [1.165, 1.54) is 12.1 Å². The van der Waals surface area contributed by atoms with Crippen LogP contribution in [0.25, 0.3) is 0 Å². The predicted molar refractivity (Wildman–Crippen MR) is 108 cm³/mol. The third kappa shape index (κ3) is 4.00. The minimum absolute atomic E-state index is 0.0574. The van der Waals surface area contributed by atoms with Gasteiger partial charge in [0.25, 0.3) is 0 Å². The van der Waals surface area contributed by atoms with Gasteiger partial charge in [-0.2, -0.15) is 0 Å². The zero-order valence-electron chi connectivity index (χ0n) is 15.8. The van der Waals surface area contributed by atoms with Crippen LogP contribution in [0.2, 0.25) is 5.02 Å². The maximum absolute atomic E-state index is 13.0. The molecule has 2 aliphatic heterocycles. The molecule has 2 aromatic rings. The average molecular weight is 402 g/mol. The molecule has 2 bridgehead atoms. The maximum atomic E-state index is 13.0. The van der Waals surface area contributed by atoms with Gasteiger partial charge in [0.05, 0.1) is 5.60 Å². The standard InChI is InChI=1S/C23H25ClFNO2/c24-18-7-5-17(6-8-18)23(28)14-20-11-12-21(15-23)26(20)13-1-2-22(27)16-3-9-19(25)10-4-16/h3-10,20-21,28H,1-2,11-15H2/t20-,21+,23?. The number of ketones is 1. The second kappa shape index (κ2) is 7.94. The van der Waals surface area contributed by atoms with Crippen molar-refractivity contribution in [2.75, 3.05) is 6.54 Å². The quantitative estimate of drug-likeness (QED) is 0.696. The van der Waals surface area contributed by atoms with Gasteiger partial charge in [-0.1, -0.05) is 23.7 Å². The van der Waals surface area contributed by atoms with Gasteiger partial charge in [0.1, 0.15) is 5.82 Å². The van der Waals surface area contributed by atoms with Gasteiger partial charge in [0, 0.05) is 29.1 Å². The summed E-state index contributed by atoms with van der Waals surface area (Å²) in [6.07, 6.45) is 4.86. The molecule has 0 radical (unpaired) electrons. The van der Waals surface area contributed by atoms with E-state index >= 15 is 0 Å². The first-order valence-corrected chi connectivity index (χ1v) is 10.4. The molecular formula is C23H25ClFNO2. The van der Waals surface area contributed by atoms with Crippen molar-refractivity contribution in [3.05, 3.63) is 70.5 Å². The minimum atomic E-state index is -0.795. The van der Waals surface area contributed by atoms with Crippen molar-refractivity contribution in [1.29, 1.82) is 0 Å². The molecule has 3 atom stereocenters. The van der Waals surface area contributed by atoms with E-state index in [4.69, 9.17) is 11.6 Å². The van der Waals surface area contributed by atoms with Crippen LogP contribution in [0.4, 0.5) is 4.39 Å². The fourth-order valence-corrected chi connectivity index (χ4v) is 5.01. The summed E-state index contributed by atoms with van der Waals surface area (Å²) in [6.45, 7) is 0.860. The number of nitrogens with zero attached hydrogens (tertiary/aromatic N) is 1. The van der Waals surface area contributed by atoms with Crippen LogP contribution >= 0.6 is 11.6 Å². The number of halogens is 2. The molecule has 0 spiro atoms. The molecule has 0 aliphatic carbocycles. The number of hydrogen-bond donors (Lipinski definition) is 1. The summed E-state index contributed by atoms with van der Waals surface area (Å²) in [5.74, 6) is -0.267. The van der Waals surface area contributed by atoms with Crippen molar-refractivity contribution in [2.24, 2.45) is 0 Å². The Balaban J connectivity index is 1.34. The second-order valence-corrected chi connectivity index (χ2v) is 8.54. The van der Waals surface area contributed by atoms with Crippen LogP contribution in [0.15, 0.2) is 48.5 Å². The van der Waals surface area contributed by atoms with Gasteiger partial charge in [-0.15, -0.1) is 0 Å². The summed E-state index contributed by atoms with van der Waals surface area (Å²) in [7, 11) is 0. The summed E-state index contributed by atoms with van der Waals surface area (Å²) < 4.78 is 13.0. The molecule has 2 heterocycles. The first-order chi connectivity index (χ1) is 13.4. The van der Waals surface area contributed by atoms with E-state index < -0.39 is 5.60 Å². The fourth-order valence-electron chi connectivity index (χ4n) is 4.88. The van der Waals surface area contributed by atoms with Crippen molar-refractivity contribution >= 4 is 17.4 Å². The largest absolute Gasteiger partial charge is 0.385 e. The number of rotatable bonds is 6. The first kappa shape index (κ1) is 19.6. The van der Waals surface area contributed by atoms with Gasteiger partial charge in [-0.25, -0.2) is 4.39 Å². The highest BCUT2D eigenvalue weighted by molar-refractivity contribution is 6.30. The molecule has 3 nitrogen and oxygen atoms in total. The van der Waals surface area contributed by atoms with Crippen LogP contribution in [0, 0.1) is 5.82 Å². The number of hydrogen-bond acceptors (Lipinski definition) is 3. The molecule has 4 rings (SSSR count). The number of fused-ring (bicyclic) bond motifs is 2. The molecule has 1 N–H and O–H groups in total. The number of carbonyl (C=O) groups excluding carboxylic acids is 1. The van der Waals surface area contributed by atoms with E-state index in [0.717, 1.165) is 44.2 Å². The van der Waals surface area contributed by atoms with E-state index in [2.05, 4.69) is 4.90 Å². The van der Waals surface area contributed by atoms with Crippen LogP contribution in [0.5, 0.6) is 0 Å². The zero-order valence-corrected chi connectivity index (χ0v) is 16.5. The Morgan fingerprint density at radius 3 is 2.29 bits per heavy atom. The number of Topliss-reactive ketones (excluding diaryl/α,β-unsaturated/α-hetero) is 1. The highest BCUT2D eigenvalue weighted by atomic mass is 35.5. The topological polar surface area (TPSA) is 40.5 Å². The zero-order chi connectivity index (χ0) is 19.7. The summed E-state index contributed by atoms with van der Waals surface area (Å²) in [5.41, 5.74) is 0.719. The van der Waals surface area contributed by atoms with Gasteiger partial charge in [-0.3, -0.25) is 9.69 Å². The monoisotopic (exact) mass is 401 g/mol. The van der Waals surface area contributed by atoms with Crippen molar-refractivity contribution in [2.45, 2.75) is 56.2 Å². The van der Waals surface area contributed by atoms with Crippen LogP contribution in [0.3, 0.4) is 0 Å². The third-order valence-corrected chi connectivity index (χ3v) is 6.54. The van der Waals surface area contributed by atoms with Gasteiger partial charge >= 0.3 is 0 Å². The number of piperidine rings is 1. The summed E-state index contributed by atoms with van der Waals surface area (Å²) in [4.78, 5) is 14.8. The van der Waals surface area contributed by atoms with E-state index in [1.54, 1.807) is 12.1 Å². The lowest BCUT2D eigenvalue weighted by molar-refractivity contribution is -0.0570. The lowest BCUT2D eigenvalue weighted by Gasteiger charge is -2.44. The Labute approximate surface area is 170 Å². The highest BCUT2D eigenvalue weighted by Gasteiger charge is 2.47. The Hall–Kier alpha value is -1.75. The van der Waals surface area contributed by atoms with Crippen LogP contribution in [-0.2, 0) is 5.60 Å². The molecule has 148 valence electrons. The molecule has 0 amide bonds. The Morgan fingerprint density at radius 1 is 1.07 bits per heavy atom. The highest BCUT2D eigenvalue weighted by Crippen LogP contribution is 2.45. The second-order valence-electron chi connectivity index (χ2n) is 8.10. The smallest absolute Gasteiger partial charge is 0.162 e. The van der Waals surface area contributed by atoms with E-state index in [-0.39, 0.29) is 11.6 Å². The Morgan fingerprint density at radius 2 is 1.68 bits per heavy atom. The van der Waals surface area contributed by atoms with Crippen molar-refractivity contribution in [1.82, 2.24) is 4.90 Å². The minimum Gasteiger partial charge on any atom is -0.385 e. The lowest BCUT2D eigenvalue weighted by Crippen LogP contribution is -2.49. The van der Waals surface area contributed by atoms with E-state index in [0.29, 0.717) is 29.1 Å². The number of aliphatic hydroxyl groups is 1. The van der Waals surface area contributed by atoms with Gasteiger partial charge < -0.3 is 5.11 Å². The molecule has 1 unspecified atom stereocenters. The van der Waals surface area contributed by atoms with Gasteiger partial charge in [-0.05, 0) is 80.6 Å². The molecule has 28 heavy (non-hydrogen) atoms. The normalized spacial score (nSPS) is 27.1. The van der Waals surface area contributed by atoms with Gasteiger partial charge in [0.2, 0.25) is 0 Å². The van der Waals surface area contributed by atoms with Crippen LogP contribution < -0.4 is 0 Å². The first-order valence-electron chi connectivity index (χ1n) is 9.97. The lowest BCUT2D eigenvalue weighted by atomic mass is 9.80.